The molecule has 0 radical (unpaired) electrons. The first-order valence-electron chi connectivity index (χ1n) is 10.3. The van der Waals surface area contributed by atoms with Crippen molar-refractivity contribution in [2.75, 3.05) is 26.8 Å². The van der Waals surface area contributed by atoms with Gasteiger partial charge in [-0.3, -0.25) is 19.7 Å². The zero-order valence-electron chi connectivity index (χ0n) is 18.3. The third-order valence-corrected chi connectivity index (χ3v) is 5.15. The molecule has 1 aromatic heterocycles. The summed E-state index contributed by atoms with van der Waals surface area (Å²) >= 11 is 0. The van der Waals surface area contributed by atoms with Crippen LogP contribution in [0.2, 0.25) is 0 Å². The van der Waals surface area contributed by atoms with Crippen molar-refractivity contribution in [1.29, 1.82) is 0 Å². The van der Waals surface area contributed by atoms with Gasteiger partial charge in [0, 0.05) is 38.1 Å². The number of hydrogen-bond donors (Lipinski definition) is 0. The van der Waals surface area contributed by atoms with Gasteiger partial charge in [0.25, 0.3) is 11.6 Å². The molecule has 0 saturated heterocycles. The minimum Gasteiger partial charge on any atom is -0.467 e. The number of hydrazone groups is 1. The van der Waals surface area contributed by atoms with Crippen LogP contribution in [0.5, 0.6) is 0 Å². The first-order valence-corrected chi connectivity index (χ1v) is 10.3. The Morgan fingerprint density at radius 1 is 1.31 bits per heavy atom. The summed E-state index contributed by atoms with van der Waals surface area (Å²) in [5.41, 5.74) is 1.26. The van der Waals surface area contributed by atoms with Gasteiger partial charge in [0.1, 0.15) is 18.3 Å². The van der Waals surface area contributed by atoms with E-state index in [-0.39, 0.29) is 36.5 Å². The van der Waals surface area contributed by atoms with Gasteiger partial charge in [-0.05, 0) is 29.8 Å². The molecular weight excluding hydrogens is 416 g/mol. The number of benzene rings is 1. The van der Waals surface area contributed by atoms with Crippen LogP contribution < -0.4 is 0 Å². The largest absolute Gasteiger partial charge is 0.467 e. The fourth-order valence-electron chi connectivity index (χ4n) is 3.46. The highest BCUT2D eigenvalue weighted by Gasteiger charge is 2.36. The van der Waals surface area contributed by atoms with Crippen LogP contribution in [0.1, 0.15) is 37.6 Å². The Labute approximate surface area is 185 Å². The van der Waals surface area contributed by atoms with Crippen LogP contribution in [0.3, 0.4) is 0 Å². The number of rotatable bonds is 9. The van der Waals surface area contributed by atoms with Gasteiger partial charge < -0.3 is 14.1 Å². The summed E-state index contributed by atoms with van der Waals surface area (Å²) in [5, 5.41) is 16.8. The average Bonchev–Trinajstić information content (AvgIpc) is 3.46. The third kappa shape index (κ3) is 5.20. The maximum atomic E-state index is 13.2. The summed E-state index contributed by atoms with van der Waals surface area (Å²) in [6.45, 7) is 4.01. The summed E-state index contributed by atoms with van der Waals surface area (Å²) < 4.78 is 10.6. The lowest BCUT2D eigenvalue weighted by Gasteiger charge is -2.27. The third-order valence-electron chi connectivity index (χ3n) is 5.15. The van der Waals surface area contributed by atoms with Crippen molar-refractivity contribution in [3.63, 3.8) is 0 Å². The van der Waals surface area contributed by atoms with E-state index in [0.29, 0.717) is 30.1 Å². The van der Waals surface area contributed by atoms with E-state index in [9.17, 15) is 19.7 Å². The minimum absolute atomic E-state index is 0.0242. The zero-order chi connectivity index (χ0) is 23.3. The second kappa shape index (κ2) is 10.2. The Morgan fingerprint density at radius 3 is 2.59 bits per heavy atom. The second-order valence-electron chi connectivity index (χ2n) is 7.73. The number of methoxy groups -OCH3 is 1. The molecule has 2 amide bonds. The summed E-state index contributed by atoms with van der Waals surface area (Å²) in [5.74, 6) is -0.201. The van der Waals surface area contributed by atoms with Crippen molar-refractivity contribution < 1.29 is 23.7 Å². The summed E-state index contributed by atoms with van der Waals surface area (Å²) in [7, 11) is 1.54. The molecule has 0 spiro atoms. The van der Waals surface area contributed by atoms with E-state index in [1.807, 2.05) is 0 Å². The first kappa shape index (κ1) is 23.1. The van der Waals surface area contributed by atoms with E-state index in [1.165, 1.54) is 35.4 Å². The smallest absolute Gasteiger partial charge is 0.269 e. The molecule has 1 aromatic carbocycles. The van der Waals surface area contributed by atoms with Gasteiger partial charge >= 0.3 is 0 Å². The van der Waals surface area contributed by atoms with E-state index in [2.05, 4.69) is 5.10 Å². The van der Waals surface area contributed by atoms with Gasteiger partial charge in [-0.2, -0.15) is 5.10 Å². The average molecular weight is 442 g/mol. The van der Waals surface area contributed by atoms with E-state index in [1.54, 1.807) is 38.1 Å². The highest BCUT2D eigenvalue weighted by molar-refractivity contribution is 6.03. The SMILES string of the molecule is COCCN(CC(=O)N1N=C(c2ccc([N+](=O)[O-])cc2)CC1c1ccco1)C(=O)C(C)C. The fourth-order valence-corrected chi connectivity index (χ4v) is 3.46. The molecule has 3 rings (SSSR count). The molecule has 1 aliphatic rings. The Hall–Kier alpha value is -3.53. The summed E-state index contributed by atoms with van der Waals surface area (Å²) in [6, 6.07) is 9.04. The lowest BCUT2D eigenvalue weighted by atomic mass is 10.0. The lowest BCUT2D eigenvalue weighted by molar-refractivity contribution is -0.384. The Bertz CT molecular complexity index is 984. The highest BCUT2D eigenvalue weighted by atomic mass is 16.6. The standard InChI is InChI=1S/C22H26N4O6/c1-15(2)22(28)24(10-12-31-3)14-21(27)25-19(20-5-4-11-32-20)13-18(23-25)16-6-8-17(9-7-16)26(29)30/h4-9,11,15,19H,10,12-14H2,1-3H3. The molecule has 1 aliphatic heterocycles. The number of carbonyl (C=O) groups excluding carboxylic acids is 2. The van der Waals surface area contributed by atoms with E-state index >= 15 is 0 Å². The molecular formula is C22H26N4O6. The van der Waals surface area contributed by atoms with Crippen LogP contribution in [0.15, 0.2) is 52.2 Å². The van der Waals surface area contributed by atoms with Crippen LogP contribution >= 0.6 is 0 Å². The molecule has 0 fully saturated rings. The normalized spacial score (nSPS) is 15.7. The van der Waals surface area contributed by atoms with Crippen LogP contribution in [0.4, 0.5) is 5.69 Å². The molecule has 32 heavy (non-hydrogen) atoms. The van der Waals surface area contributed by atoms with Gasteiger partial charge in [-0.15, -0.1) is 0 Å². The van der Waals surface area contributed by atoms with E-state index in [0.717, 1.165) is 0 Å². The monoisotopic (exact) mass is 442 g/mol. The number of nitro benzene ring substituents is 1. The molecule has 0 saturated carbocycles. The molecule has 10 nitrogen and oxygen atoms in total. The van der Waals surface area contributed by atoms with Crippen LogP contribution in [0, 0.1) is 16.0 Å². The van der Waals surface area contributed by atoms with E-state index < -0.39 is 11.0 Å². The van der Waals surface area contributed by atoms with Crippen molar-refractivity contribution in [2.24, 2.45) is 11.0 Å². The number of nitro groups is 1. The van der Waals surface area contributed by atoms with Crippen LogP contribution in [-0.2, 0) is 14.3 Å². The number of carbonyl (C=O) groups is 2. The molecule has 1 unspecified atom stereocenters. The predicted molar refractivity (Wildman–Crippen MR) is 116 cm³/mol. The van der Waals surface area contributed by atoms with Gasteiger partial charge in [0.2, 0.25) is 5.91 Å². The molecule has 1 atom stereocenters. The van der Waals surface area contributed by atoms with Crippen molar-refractivity contribution in [3.8, 4) is 0 Å². The fraction of sp³-hybridized carbons (Fsp3) is 0.409. The second-order valence-corrected chi connectivity index (χ2v) is 7.73. The van der Waals surface area contributed by atoms with Crippen molar-refractivity contribution in [1.82, 2.24) is 9.91 Å². The van der Waals surface area contributed by atoms with Crippen molar-refractivity contribution in [2.45, 2.75) is 26.3 Å². The molecule has 2 heterocycles. The van der Waals surface area contributed by atoms with Gasteiger partial charge in [0.15, 0.2) is 0 Å². The number of nitrogens with zero attached hydrogens (tertiary/aromatic N) is 4. The molecule has 2 aromatic rings. The summed E-state index contributed by atoms with van der Waals surface area (Å²) in [6.07, 6.45) is 1.91. The first-order chi connectivity index (χ1) is 15.3. The Balaban J connectivity index is 1.86. The predicted octanol–water partition coefficient (Wildman–Crippen LogP) is 3.00. The Morgan fingerprint density at radius 2 is 2.03 bits per heavy atom. The number of non-ortho nitro benzene ring substituents is 1. The van der Waals surface area contributed by atoms with Gasteiger partial charge in [-0.1, -0.05) is 13.8 Å². The van der Waals surface area contributed by atoms with Crippen molar-refractivity contribution in [3.05, 3.63) is 64.1 Å². The highest BCUT2D eigenvalue weighted by Crippen LogP contribution is 2.33. The van der Waals surface area contributed by atoms with E-state index in [4.69, 9.17) is 9.15 Å². The molecule has 170 valence electrons. The summed E-state index contributed by atoms with van der Waals surface area (Å²) in [4.78, 5) is 37.7. The zero-order valence-corrected chi connectivity index (χ0v) is 18.3. The molecule has 0 bridgehead atoms. The number of amides is 2. The van der Waals surface area contributed by atoms with Gasteiger partial charge in [0.05, 0.1) is 23.5 Å². The lowest BCUT2D eigenvalue weighted by Crippen LogP contribution is -2.44. The van der Waals surface area contributed by atoms with Gasteiger partial charge in [-0.25, -0.2) is 5.01 Å². The van der Waals surface area contributed by atoms with Crippen molar-refractivity contribution >= 4 is 23.2 Å². The molecule has 10 heteroatoms. The number of hydrogen-bond acceptors (Lipinski definition) is 7. The maximum absolute atomic E-state index is 13.2. The van der Waals surface area contributed by atoms with Crippen LogP contribution in [-0.4, -0.2) is 59.2 Å². The number of ether oxygens (including phenoxy) is 1. The molecule has 0 aliphatic carbocycles. The molecule has 0 N–H and O–H groups in total. The maximum Gasteiger partial charge on any atom is 0.269 e. The van der Waals surface area contributed by atoms with Crippen LogP contribution in [0.25, 0.3) is 0 Å². The Kier molecular flexibility index (Phi) is 7.37. The quantitative estimate of drug-likeness (QED) is 0.435. The number of furan rings is 1. The topological polar surface area (TPSA) is 118 Å². The minimum atomic E-state index is -0.471.